The summed E-state index contributed by atoms with van der Waals surface area (Å²) in [5.41, 5.74) is 3.76. The summed E-state index contributed by atoms with van der Waals surface area (Å²) in [5, 5.41) is 2.88. The Morgan fingerprint density at radius 1 is 1.11 bits per heavy atom. The number of nitrogens with one attached hydrogen (secondary N) is 1. The Hall–Kier alpha value is -2.82. The van der Waals surface area contributed by atoms with E-state index in [1.165, 1.54) is 6.92 Å². The average molecular weight is 368 g/mol. The number of benzene rings is 2. The van der Waals surface area contributed by atoms with E-state index < -0.39 is 0 Å². The maximum atomic E-state index is 12.6. The van der Waals surface area contributed by atoms with Gasteiger partial charge in [0.1, 0.15) is 12.3 Å². The second-order valence-corrected chi connectivity index (χ2v) is 6.86. The van der Waals surface area contributed by atoms with Gasteiger partial charge in [0.05, 0.1) is 12.8 Å². The van der Waals surface area contributed by atoms with Crippen molar-refractivity contribution in [2.75, 3.05) is 18.6 Å². The molecule has 0 fully saturated rings. The number of aryl methyl sites for hydroxylation is 1. The Bertz CT molecular complexity index is 815. The Morgan fingerprint density at radius 3 is 2.44 bits per heavy atom. The molecule has 0 aromatic heterocycles. The van der Waals surface area contributed by atoms with Gasteiger partial charge in [-0.3, -0.25) is 9.59 Å². The molecule has 0 aliphatic carbocycles. The van der Waals surface area contributed by atoms with Crippen LogP contribution in [0.2, 0.25) is 0 Å². The molecule has 0 saturated carbocycles. The quantitative estimate of drug-likeness (QED) is 0.809. The highest BCUT2D eigenvalue weighted by Crippen LogP contribution is 2.31. The Balaban J connectivity index is 2.18. The minimum Gasteiger partial charge on any atom is -0.496 e. The lowest BCUT2D eigenvalue weighted by molar-refractivity contribution is -0.123. The van der Waals surface area contributed by atoms with E-state index >= 15 is 0 Å². The number of methoxy groups -OCH3 is 1. The molecule has 27 heavy (non-hydrogen) atoms. The number of hydrogen-bond acceptors (Lipinski definition) is 3. The lowest BCUT2D eigenvalue weighted by atomic mass is 9.97. The van der Waals surface area contributed by atoms with Crippen molar-refractivity contribution < 1.29 is 14.3 Å². The first-order valence-electron chi connectivity index (χ1n) is 9.11. The van der Waals surface area contributed by atoms with Gasteiger partial charge in [-0.2, -0.15) is 0 Å². The molecule has 0 aliphatic rings. The zero-order valence-electron chi connectivity index (χ0n) is 16.7. The highest BCUT2D eigenvalue weighted by molar-refractivity contribution is 5.98. The maximum absolute atomic E-state index is 12.6. The normalized spacial score (nSPS) is 10.6. The predicted molar refractivity (Wildman–Crippen MR) is 108 cm³/mol. The van der Waals surface area contributed by atoms with Crippen molar-refractivity contribution in [3.8, 4) is 5.75 Å². The lowest BCUT2D eigenvalue weighted by Gasteiger charge is -2.27. The Kier molecular flexibility index (Phi) is 6.99. The molecule has 0 atom stereocenters. The van der Waals surface area contributed by atoms with E-state index in [-0.39, 0.29) is 24.3 Å². The molecule has 0 aliphatic heterocycles. The van der Waals surface area contributed by atoms with Crippen molar-refractivity contribution in [3.63, 3.8) is 0 Å². The molecule has 0 heterocycles. The summed E-state index contributed by atoms with van der Waals surface area (Å²) in [4.78, 5) is 26.4. The number of anilines is 1. The second-order valence-electron chi connectivity index (χ2n) is 6.86. The highest BCUT2D eigenvalue weighted by Gasteiger charge is 2.21. The average Bonchev–Trinajstić information content (AvgIpc) is 2.64. The van der Waals surface area contributed by atoms with Crippen molar-refractivity contribution in [1.82, 2.24) is 5.32 Å². The molecule has 5 nitrogen and oxygen atoms in total. The van der Waals surface area contributed by atoms with E-state index in [9.17, 15) is 9.59 Å². The summed E-state index contributed by atoms with van der Waals surface area (Å²) in [6.45, 7) is 7.94. The first-order chi connectivity index (χ1) is 12.8. The zero-order chi connectivity index (χ0) is 20.0. The van der Waals surface area contributed by atoms with Crippen LogP contribution in [0.25, 0.3) is 0 Å². The first-order valence-corrected chi connectivity index (χ1v) is 9.11. The van der Waals surface area contributed by atoms with Crippen LogP contribution in [0, 0.1) is 6.92 Å². The molecule has 0 bridgehead atoms. The van der Waals surface area contributed by atoms with Gasteiger partial charge in [0.15, 0.2) is 0 Å². The van der Waals surface area contributed by atoms with Gasteiger partial charge in [-0.25, -0.2) is 0 Å². The van der Waals surface area contributed by atoms with Crippen LogP contribution < -0.4 is 15.0 Å². The van der Waals surface area contributed by atoms with Crippen LogP contribution in [0.1, 0.15) is 43.4 Å². The van der Waals surface area contributed by atoms with Crippen LogP contribution in [0.5, 0.6) is 5.75 Å². The van der Waals surface area contributed by atoms with Crippen molar-refractivity contribution in [2.24, 2.45) is 0 Å². The number of carbonyl (C=O) groups excluding carboxylic acids is 2. The second kappa shape index (κ2) is 9.21. The molecule has 2 amide bonds. The number of hydrogen-bond donors (Lipinski definition) is 1. The summed E-state index contributed by atoms with van der Waals surface area (Å²) >= 11 is 0. The van der Waals surface area contributed by atoms with Gasteiger partial charge in [-0.05, 0) is 30.0 Å². The molecule has 5 heteroatoms. The van der Waals surface area contributed by atoms with E-state index in [0.717, 1.165) is 28.1 Å². The van der Waals surface area contributed by atoms with Crippen LogP contribution >= 0.6 is 0 Å². The van der Waals surface area contributed by atoms with Crippen molar-refractivity contribution in [2.45, 2.75) is 40.2 Å². The monoisotopic (exact) mass is 368 g/mol. The fourth-order valence-electron chi connectivity index (χ4n) is 3.11. The number of rotatable bonds is 7. The van der Waals surface area contributed by atoms with Gasteiger partial charge in [-0.15, -0.1) is 0 Å². The molecule has 0 unspecified atom stereocenters. The molecule has 144 valence electrons. The standard InChI is InChI=1S/C22H28N2O3/c1-15(2)19-11-8-9-16(3)22(19)24(17(4)25)14-21(26)23-13-18-10-6-7-12-20(18)27-5/h6-12,15H,13-14H2,1-5H3,(H,23,26). The highest BCUT2D eigenvalue weighted by atomic mass is 16.5. The molecule has 2 rings (SSSR count). The number of carbonyl (C=O) groups is 2. The molecule has 0 radical (unpaired) electrons. The van der Waals surface area contributed by atoms with Gasteiger partial charge >= 0.3 is 0 Å². The molecular weight excluding hydrogens is 340 g/mol. The van der Waals surface area contributed by atoms with Crippen molar-refractivity contribution in [3.05, 3.63) is 59.2 Å². The third-order valence-corrected chi connectivity index (χ3v) is 4.51. The third-order valence-electron chi connectivity index (χ3n) is 4.51. The largest absolute Gasteiger partial charge is 0.496 e. The van der Waals surface area contributed by atoms with Gasteiger partial charge in [0.25, 0.3) is 0 Å². The SMILES string of the molecule is COc1ccccc1CNC(=O)CN(C(C)=O)c1c(C)cccc1C(C)C. The van der Waals surface area contributed by atoms with Gasteiger partial charge in [0.2, 0.25) is 11.8 Å². The first kappa shape index (κ1) is 20.5. The summed E-state index contributed by atoms with van der Waals surface area (Å²) < 4.78 is 5.31. The van der Waals surface area contributed by atoms with Gasteiger partial charge in [-0.1, -0.05) is 50.2 Å². The third kappa shape index (κ3) is 5.09. The molecule has 0 spiro atoms. The number of nitrogens with zero attached hydrogens (tertiary/aromatic N) is 1. The Labute approximate surface area is 161 Å². The summed E-state index contributed by atoms with van der Waals surface area (Å²) in [6.07, 6.45) is 0. The molecule has 2 aromatic rings. The van der Waals surface area contributed by atoms with E-state index in [1.54, 1.807) is 12.0 Å². The summed E-state index contributed by atoms with van der Waals surface area (Å²) in [5.74, 6) is 0.605. The topological polar surface area (TPSA) is 58.6 Å². The molecule has 1 N–H and O–H groups in total. The van der Waals surface area contributed by atoms with Crippen LogP contribution in [-0.2, 0) is 16.1 Å². The van der Waals surface area contributed by atoms with Crippen molar-refractivity contribution >= 4 is 17.5 Å². The summed E-state index contributed by atoms with van der Waals surface area (Å²) in [6, 6.07) is 13.5. The number of amides is 2. The smallest absolute Gasteiger partial charge is 0.240 e. The number of para-hydroxylation sites is 2. The van der Waals surface area contributed by atoms with Crippen LogP contribution in [0.3, 0.4) is 0 Å². The number of ether oxygens (including phenoxy) is 1. The predicted octanol–water partition coefficient (Wildman–Crippen LogP) is 3.80. The summed E-state index contributed by atoms with van der Waals surface area (Å²) in [7, 11) is 1.60. The van der Waals surface area contributed by atoms with Crippen LogP contribution in [0.15, 0.2) is 42.5 Å². The lowest BCUT2D eigenvalue weighted by Crippen LogP contribution is -2.40. The van der Waals surface area contributed by atoms with E-state index in [4.69, 9.17) is 4.74 Å². The van der Waals surface area contributed by atoms with E-state index in [0.29, 0.717) is 6.54 Å². The fraction of sp³-hybridized carbons (Fsp3) is 0.364. The van der Waals surface area contributed by atoms with Crippen LogP contribution in [0.4, 0.5) is 5.69 Å². The van der Waals surface area contributed by atoms with E-state index in [1.807, 2.05) is 49.4 Å². The van der Waals surface area contributed by atoms with E-state index in [2.05, 4.69) is 19.2 Å². The minimum absolute atomic E-state index is 0.0188. The minimum atomic E-state index is -0.214. The van der Waals surface area contributed by atoms with Crippen LogP contribution in [-0.4, -0.2) is 25.5 Å². The molecular formula is C22H28N2O3. The molecule has 0 saturated heterocycles. The van der Waals surface area contributed by atoms with Gasteiger partial charge < -0.3 is 15.0 Å². The van der Waals surface area contributed by atoms with Crippen molar-refractivity contribution in [1.29, 1.82) is 0 Å². The fourth-order valence-corrected chi connectivity index (χ4v) is 3.11. The van der Waals surface area contributed by atoms with Gasteiger partial charge in [0, 0.05) is 19.0 Å². The zero-order valence-corrected chi connectivity index (χ0v) is 16.7. The maximum Gasteiger partial charge on any atom is 0.240 e. The molecule has 2 aromatic carbocycles. The Morgan fingerprint density at radius 2 is 1.81 bits per heavy atom.